The van der Waals surface area contributed by atoms with Gasteiger partial charge in [-0.25, -0.2) is 0 Å². The van der Waals surface area contributed by atoms with Crippen LogP contribution in [-0.2, 0) is 11.3 Å². The molecule has 0 spiro atoms. The van der Waals surface area contributed by atoms with Crippen LogP contribution in [0, 0.1) is 6.92 Å². The van der Waals surface area contributed by atoms with Gasteiger partial charge >= 0.3 is 0 Å². The molecule has 0 aliphatic carbocycles. The minimum Gasteiger partial charge on any atom is -0.508 e. The third-order valence-electron chi connectivity index (χ3n) is 3.68. The van der Waals surface area contributed by atoms with Gasteiger partial charge in [0.25, 0.3) is 0 Å². The van der Waals surface area contributed by atoms with Crippen molar-refractivity contribution in [3.8, 4) is 11.5 Å². The number of likely N-dealkylation sites (N-methyl/N-ethyl adjacent to an activating group) is 1. The van der Waals surface area contributed by atoms with Crippen molar-refractivity contribution in [1.29, 1.82) is 0 Å². The molecule has 122 valence electrons. The fourth-order valence-corrected chi connectivity index (χ4v) is 2.41. The van der Waals surface area contributed by atoms with Gasteiger partial charge in [-0.3, -0.25) is 9.69 Å². The molecule has 1 atom stereocenters. The fourth-order valence-electron chi connectivity index (χ4n) is 2.41. The number of amides is 1. The molecule has 2 rings (SSSR count). The number of phenolic OH excluding ortho intramolecular Hbond substituents is 2. The molecule has 0 aliphatic heterocycles. The summed E-state index contributed by atoms with van der Waals surface area (Å²) in [6, 6.07) is 11.7. The lowest BCUT2D eigenvalue weighted by Crippen LogP contribution is -2.36. The maximum atomic E-state index is 12.5. The van der Waals surface area contributed by atoms with Crippen LogP contribution < -0.4 is 5.32 Å². The van der Waals surface area contributed by atoms with Crippen LogP contribution in [0.5, 0.6) is 11.5 Å². The van der Waals surface area contributed by atoms with E-state index in [1.54, 1.807) is 6.07 Å². The van der Waals surface area contributed by atoms with E-state index in [9.17, 15) is 15.0 Å². The molecule has 1 unspecified atom stereocenters. The van der Waals surface area contributed by atoms with Crippen LogP contribution in [0.4, 0.5) is 0 Å². The Morgan fingerprint density at radius 3 is 2.35 bits per heavy atom. The first kappa shape index (κ1) is 16.8. The molecule has 2 aromatic rings. The van der Waals surface area contributed by atoms with Crippen molar-refractivity contribution in [3.05, 3.63) is 59.2 Å². The highest BCUT2D eigenvalue weighted by atomic mass is 16.3. The van der Waals surface area contributed by atoms with Crippen molar-refractivity contribution in [2.24, 2.45) is 0 Å². The van der Waals surface area contributed by atoms with Crippen LogP contribution in [0.3, 0.4) is 0 Å². The van der Waals surface area contributed by atoms with Crippen molar-refractivity contribution in [2.45, 2.75) is 19.5 Å². The molecule has 3 N–H and O–H groups in total. The van der Waals surface area contributed by atoms with Gasteiger partial charge in [0, 0.05) is 18.2 Å². The van der Waals surface area contributed by atoms with Gasteiger partial charge in [0.15, 0.2) is 0 Å². The van der Waals surface area contributed by atoms with E-state index in [1.165, 1.54) is 12.1 Å². The minimum absolute atomic E-state index is 0.0107. The number of hydrogen-bond donors (Lipinski definition) is 3. The molecule has 0 bridgehead atoms. The van der Waals surface area contributed by atoms with E-state index in [2.05, 4.69) is 5.32 Å². The molecule has 5 heteroatoms. The third kappa shape index (κ3) is 4.23. The Hall–Kier alpha value is -2.53. The number of rotatable bonds is 5. The molecule has 0 radical (unpaired) electrons. The van der Waals surface area contributed by atoms with Gasteiger partial charge in [-0.05, 0) is 38.7 Å². The molecule has 23 heavy (non-hydrogen) atoms. The number of carbonyl (C=O) groups is 1. The summed E-state index contributed by atoms with van der Waals surface area (Å²) >= 11 is 0. The van der Waals surface area contributed by atoms with E-state index in [0.717, 1.165) is 11.1 Å². The van der Waals surface area contributed by atoms with E-state index in [1.807, 2.05) is 50.2 Å². The van der Waals surface area contributed by atoms with Crippen LogP contribution in [0.2, 0.25) is 0 Å². The van der Waals surface area contributed by atoms with E-state index in [0.29, 0.717) is 5.56 Å². The fraction of sp³-hybridized carbons (Fsp3) is 0.278. The van der Waals surface area contributed by atoms with E-state index in [-0.39, 0.29) is 24.0 Å². The molecule has 2 aromatic carbocycles. The smallest absolute Gasteiger partial charge is 0.242 e. The maximum Gasteiger partial charge on any atom is 0.242 e. The molecule has 0 aromatic heterocycles. The maximum absolute atomic E-state index is 12.5. The molecule has 0 heterocycles. The van der Waals surface area contributed by atoms with Gasteiger partial charge in [0.2, 0.25) is 5.91 Å². The molecule has 0 fully saturated rings. The summed E-state index contributed by atoms with van der Waals surface area (Å²) in [6.45, 7) is 2.20. The molecule has 1 amide bonds. The highest BCUT2D eigenvalue weighted by Crippen LogP contribution is 2.23. The third-order valence-corrected chi connectivity index (χ3v) is 3.68. The average Bonchev–Trinajstić information content (AvgIpc) is 2.48. The summed E-state index contributed by atoms with van der Waals surface area (Å²) in [7, 11) is 3.70. The van der Waals surface area contributed by atoms with Gasteiger partial charge < -0.3 is 15.5 Å². The monoisotopic (exact) mass is 314 g/mol. The summed E-state index contributed by atoms with van der Waals surface area (Å²) in [5.41, 5.74) is 2.60. The zero-order valence-corrected chi connectivity index (χ0v) is 13.6. The number of nitrogens with zero attached hydrogens (tertiary/aromatic N) is 1. The lowest BCUT2D eigenvalue weighted by Gasteiger charge is -2.24. The van der Waals surface area contributed by atoms with E-state index in [4.69, 9.17) is 0 Å². The summed E-state index contributed by atoms with van der Waals surface area (Å²) in [5, 5.41) is 21.9. The highest BCUT2D eigenvalue weighted by Gasteiger charge is 2.22. The molecule has 5 nitrogen and oxygen atoms in total. The second kappa shape index (κ2) is 7.15. The number of phenols is 2. The molecular weight excluding hydrogens is 292 g/mol. The van der Waals surface area contributed by atoms with Gasteiger partial charge in [0.05, 0.1) is 0 Å². The summed E-state index contributed by atoms with van der Waals surface area (Å²) in [4.78, 5) is 14.4. The first-order valence-electron chi connectivity index (χ1n) is 7.40. The van der Waals surface area contributed by atoms with Gasteiger partial charge in [-0.1, -0.05) is 29.8 Å². The zero-order valence-electron chi connectivity index (χ0n) is 13.6. The number of carbonyl (C=O) groups excluding carboxylic acids is 1. The molecule has 0 saturated heterocycles. The largest absolute Gasteiger partial charge is 0.508 e. The van der Waals surface area contributed by atoms with Crippen LogP contribution in [-0.4, -0.2) is 35.1 Å². The highest BCUT2D eigenvalue weighted by molar-refractivity contribution is 5.83. The first-order chi connectivity index (χ1) is 10.9. The summed E-state index contributed by atoms with van der Waals surface area (Å²) in [6.07, 6.45) is 0. The van der Waals surface area contributed by atoms with Crippen molar-refractivity contribution >= 4 is 5.91 Å². The van der Waals surface area contributed by atoms with Gasteiger partial charge in [-0.15, -0.1) is 0 Å². The van der Waals surface area contributed by atoms with Crippen molar-refractivity contribution < 1.29 is 15.0 Å². The predicted octanol–water partition coefficient (Wildman–Crippen LogP) is 2.33. The summed E-state index contributed by atoms with van der Waals surface area (Å²) < 4.78 is 0. The number of nitrogens with one attached hydrogen (secondary N) is 1. The Balaban J connectivity index is 2.11. The molecular formula is C18H22N2O3. The Labute approximate surface area is 136 Å². The number of hydrogen-bond acceptors (Lipinski definition) is 4. The number of benzene rings is 2. The topological polar surface area (TPSA) is 72.8 Å². The van der Waals surface area contributed by atoms with Gasteiger partial charge in [-0.2, -0.15) is 0 Å². The molecule has 0 saturated carbocycles. The number of aromatic hydroxyl groups is 2. The average molecular weight is 314 g/mol. The van der Waals surface area contributed by atoms with Crippen molar-refractivity contribution in [2.75, 3.05) is 14.1 Å². The Kier molecular flexibility index (Phi) is 5.24. The Morgan fingerprint density at radius 2 is 1.78 bits per heavy atom. The quantitative estimate of drug-likeness (QED) is 0.792. The van der Waals surface area contributed by atoms with Crippen molar-refractivity contribution in [3.63, 3.8) is 0 Å². The predicted molar refractivity (Wildman–Crippen MR) is 89.2 cm³/mol. The Morgan fingerprint density at radius 1 is 1.13 bits per heavy atom. The van der Waals surface area contributed by atoms with Crippen LogP contribution in [0.15, 0.2) is 42.5 Å². The lowest BCUT2D eigenvalue weighted by molar-refractivity contribution is -0.125. The minimum atomic E-state index is -0.408. The normalized spacial score (nSPS) is 12.2. The zero-order chi connectivity index (χ0) is 17.0. The SMILES string of the molecule is Cc1ccc(C(C(=O)NCc2ccc(O)cc2O)N(C)C)cc1. The van der Waals surface area contributed by atoms with Crippen LogP contribution >= 0.6 is 0 Å². The second-order valence-corrected chi connectivity index (χ2v) is 5.81. The van der Waals surface area contributed by atoms with Crippen LogP contribution in [0.1, 0.15) is 22.7 Å². The molecule has 0 aliphatic rings. The van der Waals surface area contributed by atoms with E-state index >= 15 is 0 Å². The van der Waals surface area contributed by atoms with Crippen LogP contribution in [0.25, 0.3) is 0 Å². The second-order valence-electron chi connectivity index (χ2n) is 5.81. The van der Waals surface area contributed by atoms with Crippen molar-refractivity contribution in [1.82, 2.24) is 10.2 Å². The lowest BCUT2D eigenvalue weighted by atomic mass is 10.0. The number of aryl methyl sites for hydroxylation is 1. The van der Waals surface area contributed by atoms with Gasteiger partial charge in [0.1, 0.15) is 17.5 Å². The standard InChI is InChI=1S/C18H22N2O3/c1-12-4-6-13(7-5-12)17(20(2)3)18(23)19-11-14-8-9-15(21)10-16(14)22/h4-10,17,21-22H,11H2,1-3H3,(H,19,23). The van der Waals surface area contributed by atoms with E-state index < -0.39 is 6.04 Å². The Bertz CT molecular complexity index is 681. The summed E-state index contributed by atoms with van der Waals surface area (Å²) in [5.74, 6) is -0.197. The first-order valence-corrected chi connectivity index (χ1v) is 7.40.